The molecule has 1 unspecified atom stereocenters. The van der Waals surface area contributed by atoms with E-state index in [0.29, 0.717) is 35.4 Å². The normalized spacial score (nSPS) is 15.9. The number of nitriles is 1. The third-order valence-corrected chi connectivity index (χ3v) is 5.62. The first-order chi connectivity index (χ1) is 16.6. The zero-order valence-electron chi connectivity index (χ0n) is 18.3. The molecule has 3 aromatic rings. The van der Waals surface area contributed by atoms with Gasteiger partial charge in [-0.15, -0.1) is 0 Å². The number of hydrogen-bond donors (Lipinski definition) is 1. The van der Waals surface area contributed by atoms with Gasteiger partial charge in [-0.25, -0.2) is 4.39 Å². The Morgan fingerprint density at radius 1 is 1.00 bits per heavy atom. The van der Waals surface area contributed by atoms with Crippen molar-refractivity contribution in [3.05, 3.63) is 88.6 Å². The molecule has 5 rings (SSSR count). The van der Waals surface area contributed by atoms with Gasteiger partial charge in [-0.3, -0.25) is 0 Å². The quantitative estimate of drug-likeness (QED) is 0.567. The van der Waals surface area contributed by atoms with Crippen LogP contribution < -0.4 is 29.4 Å². The largest absolute Gasteiger partial charge is 0.490 e. The maximum Gasteiger partial charge on any atom is 0.231 e. The SMILES string of the molecule is CCOc1cc(C2C(C#N)=C(N)Oc3cc4c(cc32)OCO4)ccc1OCc1ccc(F)cc1. The molecule has 2 aliphatic heterocycles. The fourth-order valence-corrected chi connectivity index (χ4v) is 4.02. The van der Waals surface area contributed by atoms with Gasteiger partial charge in [0, 0.05) is 11.6 Å². The molecule has 0 radical (unpaired) electrons. The summed E-state index contributed by atoms with van der Waals surface area (Å²) in [5, 5.41) is 9.86. The van der Waals surface area contributed by atoms with Gasteiger partial charge in [0.2, 0.25) is 12.7 Å². The number of rotatable bonds is 6. The van der Waals surface area contributed by atoms with Crippen LogP contribution in [0.15, 0.2) is 66.1 Å². The highest BCUT2D eigenvalue weighted by Crippen LogP contribution is 2.48. The van der Waals surface area contributed by atoms with Crippen molar-refractivity contribution in [1.29, 1.82) is 5.26 Å². The zero-order valence-corrected chi connectivity index (χ0v) is 18.3. The number of fused-ring (bicyclic) bond motifs is 2. The lowest BCUT2D eigenvalue weighted by molar-refractivity contribution is 0.174. The Hall–Kier alpha value is -4.38. The molecular weight excluding hydrogens is 439 g/mol. The number of benzene rings is 3. The van der Waals surface area contributed by atoms with Gasteiger partial charge in [0.1, 0.15) is 29.8 Å². The van der Waals surface area contributed by atoms with Gasteiger partial charge in [-0.05, 0) is 48.4 Å². The Labute approximate surface area is 195 Å². The van der Waals surface area contributed by atoms with Crippen molar-refractivity contribution in [3.8, 4) is 34.8 Å². The summed E-state index contributed by atoms with van der Waals surface area (Å²) in [5.74, 6) is 1.93. The lowest BCUT2D eigenvalue weighted by Gasteiger charge is -2.27. The predicted molar refractivity (Wildman–Crippen MR) is 120 cm³/mol. The summed E-state index contributed by atoms with van der Waals surface area (Å²) in [5.41, 5.74) is 8.73. The molecule has 0 bridgehead atoms. The Bertz CT molecular complexity index is 1310. The number of ether oxygens (including phenoxy) is 5. The molecule has 1 atom stereocenters. The second-order valence-electron chi connectivity index (χ2n) is 7.72. The molecule has 0 aliphatic carbocycles. The third kappa shape index (κ3) is 3.92. The van der Waals surface area contributed by atoms with Crippen molar-refractivity contribution in [3.63, 3.8) is 0 Å². The van der Waals surface area contributed by atoms with Crippen LogP contribution in [-0.2, 0) is 6.61 Å². The van der Waals surface area contributed by atoms with Crippen molar-refractivity contribution in [2.24, 2.45) is 5.73 Å². The van der Waals surface area contributed by atoms with Crippen LogP contribution in [0.25, 0.3) is 0 Å². The number of nitrogens with zero attached hydrogens (tertiary/aromatic N) is 1. The van der Waals surface area contributed by atoms with Crippen LogP contribution in [0, 0.1) is 17.1 Å². The maximum atomic E-state index is 13.2. The van der Waals surface area contributed by atoms with Crippen LogP contribution in [-0.4, -0.2) is 13.4 Å². The minimum atomic E-state index is -0.492. The van der Waals surface area contributed by atoms with E-state index >= 15 is 0 Å². The summed E-state index contributed by atoms with van der Waals surface area (Å²) in [4.78, 5) is 0. The first kappa shape index (κ1) is 21.5. The van der Waals surface area contributed by atoms with Crippen LogP contribution >= 0.6 is 0 Å². The van der Waals surface area contributed by atoms with E-state index in [2.05, 4.69) is 6.07 Å². The van der Waals surface area contributed by atoms with E-state index in [-0.39, 0.29) is 30.7 Å². The monoisotopic (exact) mass is 460 g/mol. The van der Waals surface area contributed by atoms with Gasteiger partial charge in [0.15, 0.2) is 23.0 Å². The standard InChI is InChI=1S/C26H21FN2O5/c1-2-30-22-9-16(5-8-20(22)31-13-15-3-6-17(27)7-4-15)25-18-10-23-24(33-14-32-23)11-21(18)34-26(29)19(25)12-28/h3-11,25H,2,13-14,29H2,1H3. The second kappa shape index (κ2) is 8.87. The first-order valence-corrected chi connectivity index (χ1v) is 10.7. The molecule has 0 amide bonds. The van der Waals surface area contributed by atoms with Crippen LogP contribution in [0.3, 0.4) is 0 Å². The number of hydrogen-bond acceptors (Lipinski definition) is 7. The summed E-state index contributed by atoms with van der Waals surface area (Å²) in [6.07, 6.45) is 0. The molecule has 3 aromatic carbocycles. The summed E-state index contributed by atoms with van der Waals surface area (Å²) in [6.45, 7) is 2.66. The topological polar surface area (TPSA) is 96.0 Å². The average molecular weight is 460 g/mol. The molecule has 2 N–H and O–H groups in total. The van der Waals surface area contributed by atoms with Crippen molar-refractivity contribution in [1.82, 2.24) is 0 Å². The van der Waals surface area contributed by atoms with Gasteiger partial charge in [0.25, 0.3) is 0 Å². The van der Waals surface area contributed by atoms with E-state index in [1.165, 1.54) is 12.1 Å². The van der Waals surface area contributed by atoms with Gasteiger partial charge in [-0.2, -0.15) is 5.26 Å². The van der Waals surface area contributed by atoms with E-state index in [4.69, 9.17) is 29.4 Å². The average Bonchev–Trinajstić information content (AvgIpc) is 3.29. The van der Waals surface area contributed by atoms with Crippen LogP contribution in [0.2, 0.25) is 0 Å². The molecule has 172 valence electrons. The van der Waals surface area contributed by atoms with Crippen molar-refractivity contribution in [2.75, 3.05) is 13.4 Å². The molecule has 0 aromatic heterocycles. The number of allylic oxidation sites excluding steroid dienone is 1. The predicted octanol–water partition coefficient (Wildman–Crippen LogP) is 4.75. The first-order valence-electron chi connectivity index (χ1n) is 10.7. The summed E-state index contributed by atoms with van der Waals surface area (Å²) >= 11 is 0. The molecule has 7 nitrogen and oxygen atoms in total. The Kier molecular flexibility index (Phi) is 5.60. The highest BCUT2D eigenvalue weighted by atomic mass is 19.1. The van der Waals surface area contributed by atoms with Crippen molar-refractivity contribution < 1.29 is 28.1 Å². The lowest BCUT2D eigenvalue weighted by atomic mass is 9.83. The second-order valence-corrected chi connectivity index (χ2v) is 7.72. The highest BCUT2D eigenvalue weighted by molar-refractivity contribution is 5.62. The number of nitrogens with two attached hydrogens (primary N) is 1. The lowest BCUT2D eigenvalue weighted by Crippen LogP contribution is -2.21. The van der Waals surface area contributed by atoms with E-state index in [9.17, 15) is 9.65 Å². The highest BCUT2D eigenvalue weighted by Gasteiger charge is 2.33. The number of halogens is 1. The third-order valence-electron chi connectivity index (χ3n) is 5.62. The molecule has 8 heteroatoms. The van der Waals surface area contributed by atoms with E-state index < -0.39 is 5.92 Å². The fourth-order valence-electron chi connectivity index (χ4n) is 4.02. The van der Waals surface area contributed by atoms with E-state index in [1.54, 1.807) is 24.3 Å². The van der Waals surface area contributed by atoms with Gasteiger partial charge in [-0.1, -0.05) is 18.2 Å². The van der Waals surface area contributed by atoms with Gasteiger partial charge < -0.3 is 29.4 Å². The van der Waals surface area contributed by atoms with E-state index in [1.807, 2.05) is 25.1 Å². The summed E-state index contributed by atoms with van der Waals surface area (Å²) in [6, 6.07) is 17.3. The Balaban J connectivity index is 1.52. The Morgan fingerprint density at radius 3 is 2.50 bits per heavy atom. The van der Waals surface area contributed by atoms with Gasteiger partial charge >= 0.3 is 0 Å². The minimum Gasteiger partial charge on any atom is -0.490 e. The Morgan fingerprint density at radius 2 is 1.76 bits per heavy atom. The molecule has 0 saturated carbocycles. The molecule has 0 saturated heterocycles. The van der Waals surface area contributed by atoms with Crippen LogP contribution in [0.5, 0.6) is 28.7 Å². The van der Waals surface area contributed by atoms with E-state index in [0.717, 1.165) is 16.7 Å². The molecule has 34 heavy (non-hydrogen) atoms. The van der Waals surface area contributed by atoms with Gasteiger partial charge in [0.05, 0.1) is 12.5 Å². The van der Waals surface area contributed by atoms with Crippen molar-refractivity contribution in [2.45, 2.75) is 19.4 Å². The smallest absolute Gasteiger partial charge is 0.231 e. The zero-order chi connectivity index (χ0) is 23.7. The van der Waals surface area contributed by atoms with Crippen molar-refractivity contribution >= 4 is 0 Å². The molecule has 2 aliphatic rings. The molecule has 0 spiro atoms. The fraction of sp³-hybridized carbons (Fsp3) is 0.192. The molecular formula is C26H21FN2O5. The summed E-state index contributed by atoms with van der Waals surface area (Å²) < 4.78 is 41.7. The molecule has 0 fully saturated rings. The minimum absolute atomic E-state index is 0.0356. The van der Waals surface area contributed by atoms with Crippen LogP contribution in [0.1, 0.15) is 29.5 Å². The van der Waals surface area contributed by atoms with Crippen LogP contribution in [0.4, 0.5) is 4.39 Å². The molecule has 2 heterocycles. The summed E-state index contributed by atoms with van der Waals surface area (Å²) in [7, 11) is 0. The maximum absolute atomic E-state index is 13.2.